The number of hydrogen-bond acceptors (Lipinski definition) is 5. The van der Waals surface area contributed by atoms with Crippen LogP contribution in [-0.2, 0) is 0 Å². The second-order valence-corrected chi connectivity index (χ2v) is 3.74. The Bertz CT molecular complexity index is 677. The van der Waals surface area contributed by atoms with Crippen LogP contribution in [-0.4, -0.2) is 21.0 Å². The smallest absolute Gasteiger partial charge is 0.356 e. The number of aryl methyl sites for hydroxylation is 1. The molecule has 0 aliphatic carbocycles. The molecule has 0 aliphatic rings. The SMILES string of the molecule is Cc1ccc(C#N)cc1Oc1cncc(C(=O)O)n1. The maximum Gasteiger partial charge on any atom is 0.356 e. The van der Waals surface area contributed by atoms with Crippen molar-refractivity contribution in [2.45, 2.75) is 6.92 Å². The van der Waals surface area contributed by atoms with E-state index in [-0.39, 0.29) is 11.6 Å². The predicted octanol–water partition coefficient (Wildman–Crippen LogP) is 2.15. The minimum absolute atomic E-state index is 0.0677. The van der Waals surface area contributed by atoms with Crippen molar-refractivity contribution in [3.05, 3.63) is 47.4 Å². The normalized spacial score (nSPS) is 9.68. The number of benzene rings is 1. The average molecular weight is 255 g/mol. The molecular weight excluding hydrogens is 246 g/mol. The van der Waals surface area contributed by atoms with Crippen LogP contribution in [0.3, 0.4) is 0 Å². The van der Waals surface area contributed by atoms with Gasteiger partial charge in [0.15, 0.2) is 5.69 Å². The summed E-state index contributed by atoms with van der Waals surface area (Å²) >= 11 is 0. The summed E-state index contributed by atoms with van der Waals surface area (Å²) < 4.78 is 5.45. The van der Waals surface area contributed by atoms with Crippen LogP contribution in [0.5, 0.6) is 11.6 Å². The van der Waals surface area contributed by atoms with Crippen LogP contribution in [0.25, 0.3) is 0 Å². The minimum atomic E-state index is -1.18. The summed E-state index contributed by atoms with van der Waals surface area (Å²) in [5.41, 5.74) is 1.05. The standard InChI is InChI=1S/C13H9N3O3/c1-8-2-3-9(5-14)4-11(8)19-12-7-15-6-10(16-12)13(17)18/h2-4,6-7H,1H3,(H,17,18). The average Bonchev–Trinajstić information content (AvgIpc) is 2.41. The maximum absolute atomic E-state index is 10.8. The lowest BCUT2D eigenvalue weighted by atomic mass is 10.1. The highest BCUT2D eigenvalue weighted by Crippen LogP contribution is 2.24. The first-order valence-electron chi connectivity index (χ1n) is 5.34. The van der Waals surface area contributed by atoms with Crippen LogP contribution in [0.4, 0.5) is 0 Å². The van der Waals surface area contributed by atoms with Gasteiger partial charge in [0.05, 0.1) is 24.0 Å². The van der Waals surface area contributed by atoms with Crippen LogP contribution in [0.1, 0.15) is 21.6 Å². The number of nitriles is 1. The quantitative estimate of drug-likeness (QED) is 0.902. The van der Waals surface area contributed by atoms with Gasteiger partial charge in [0.1, 0.15) is 5.75 Å². The Kier molecular flexibility index (Phi) is 3.39. The first-order valence-corrected chi connectivity index (χ1v) is 5.34. The molecule has 0 atom stereocenters. The van der Waals surface area contributed by atoms with E-state index in [1.54, 1.807) is 18.2 Å². The zero-order valence-electron chi connectivity index (χ0n) is 9.99. The van der Waals surface area contributed by atoms with E-state index in [4.69, 9.17) is 15.1 Å². The number of carboxylic acids is 1. The van der Waals surface area contributed by atoms with E-state index in [9.17, 15) is 4.79 Å². The second-order valence-electron chi connectivity index (χ2n) is 3.74. The van der Waals surface area contributed by atoms with Crippen molar-refractivity contribution in [1.29, 1.82) is 5.26 Å². The van der Waals surface area contributed by atoms with Gasteiger partial charge in [-0.05, 0) is 24.6 Å². The Balaban J connectivity index is 2.33. The first-order chi connectivity index (χ1) is 9.10. The van der Waals surface area contributed by atoms with Gasteiger partial charge in [-0.1, -0.05) is 6.07 Å². The summed E-state index contributed by atoms with van der Waals surface area (Å²) in [7, 11) is 0. The van der Waals surface area contributed by atoms with Gasteiger partial charge in [0, 0.05) is 0 Å². The number of aromatic carboxylic acids is 1. The number of carboxylic acid groups (broad SMARTS) is 1. The van der Waals surface area contributed by atoms with Gasteiger partial charge < -0.3 is 9.84 Å². The zero-order valence-corrected chi connectivity index (χ0v) is 9.99. The lowest BCUT2D eigenvalue weighted by Crippen LogP contribution is -2.02. The van der Waals surface area contributed by atoms with Crippen LogP contribution in [0.15, 0.2) is 30.6 Å². The fourth-order valence-corrected chi connectivity index (χ4v) is 1.39. The summed E-state index contributed by atoms with van der Waals surface area (Å²) in [5.74, 6) is -0.672. The van der Waals surface area contributed by atoms with Crippen LogP contribution >= 0.6 is 0 Å². The number of carbonyl (C=O) groups is 1. The van der Waals surface area contributed by atoms with E-state index >= 15 is 0 Å². The third-order valence-corrected chi connectivity index (χ3v) is 2.36. The molecule has 2 aromatic rings. The topological polar surface area (TPSA) is 96.1 Å². The molecular formula is C13H9N3O3. The fraction of sp³-hybridized carbons (Fsp3) is 0.0769. The van der Waals surface area contributed by atoms with Crippen molar-refractivity contribution >= 4 is 5.97 Å². The van der Waals surface area contributed by atoms with Gasteiger partial charge in [0.25, 0.3) is 0 Å². The van der Waals surface area contributed by atoms with E-state index in [1.807, 2.05) is 13.0 Å². The highest BCUT2D eigenvalue weighted by atomic mass is 16.5. The van der Waals surface area contributed by atoms with Gasteiger partial charge in [-0.25, -0.2) is 9.78 Å². The monoisotopic (exact) mass is 255 g/mol. The minimum Gasteiger partial charge on any atom is -0.476 e. The van der Waals surface area contributed by atoms with Crippen molar-refractivity contribution in [3.8, 4) is 17.7 Å². The van der Waals surface area contributed by atoms with E-state index in [1.165, 1.54) is 6.20 Å². The van der Waals surface area contributed by atoms with Gasteiger partial charge in [0.2, 0.25) is 5.88 Å². The molecule has 19 heavy (non-hydrogen) atoms. The molecule has 1 heterocycles. The summed E-state index contributed by atoms with van der Waals surface area (Å²) in [4.78, 5) is 18.3. The molecule has 0 fully saturated rings. The highest BCUT2D eigenvalue weighted by Gasteiger charge is 2.09. The fourth-order valence-electron chi connectivity index (χ4n) is 1.39. The molecule has 1 aromatic heterocycles. The number of rotatable bonds is 3. The van der Waals surface area contributed by atoms with Gasteiger partial charge in [-0.15, -0.1) is 0 Å². The van der Waals surface area contributed by atoms with Gasteiger partial charge in [-0.3, -0.25) is 4.98 Å². The summed E-state index contributed by atoms with van der Waals surface area (Å²) in [6, 6.07) is 6.97. The van der Waals surface area contributed by atoms with Crippen molar-refractivity contribution in [2.75, 3.05) is 0 Å². The van der Waals surface area contributed by atoms with E-state index in [0.29, 0.717) is 11.3 Å². The number of ether oxygens (including phenoxy) is 1. The van der Waals surface area contributed by atoms with Crippen LogP contribution in [0, 0.1) is 18.3 Å². The molecule has 0 saturated carbocycles. The van der Waals surface area contributed by atoms with Crippen molar-refractivity contribution in [2.24, 2.45) is 0 Å². The molecule has 0 saturated heterocycles. The number of hydrogen-bond donors (Lipinski definition) is 1. The molecule has 0 spiro atoms. The Hall–Kier alpha value is -2.94. The maximum atomic E-state index is 10.8. The molecule has 1 N–H and O–H groups in total. The lowest BCUT2D eigenvalue weighted by molar-refractivity contribution is 0.0689. The number of aromatic nitrogens is 2. The molecule has 6 heteroatoms. The Labute approximate surface area is 108 Å². The first kappa shape index (κ1) is 12.5. The zero-order chi connectivity index (χ0) is 13.8. The lowest BCUT2D eigenvalue weighted by Gasteiger charge is -2.07. The van der Waals surface area contributed by atoms with Gasteiger partial charge >= 0.3 is 5.97 Å². The van der Waals surface area contributed by atoms with E-state index in [0.717, 1.165) is 11.8 Å². The molecule has 0 amide bonds. The second kappa shape index (κ2) is 5.14. The molecule has 0 bridgehead atoms. The Morgan fingerprint density at radius 3 is 2.89 bits per heavy atom. The van der Waals surface area contributed by atoms with Crippen LogP contribution < -0.4 is 4.74 Å². The van der Waals surface area contributed by atoms with Gasteiger partial charge in [-0.2, -0.15) is 5.26 Å². The molecule has 0 aliphatic heterocycles. The number of nitrogens with zero attached hydrogens (tertiary/aromatic N) is 3. The summed E-state index contributed by atoms with van der Waals surface area (Å²) in [6.45, 7) is 1.81. The van der Waals surface area contributed by atoms with Crippen molar-refractivity contribution < 1.29 is 14.6 Å². The Morgan fingerprint density at radius 2 is 2.21 bits per heavy atom. The molecule has 0 radical (unpaired) electrons. The van der Waals surface area contributed by atoms with Crippen molar-refractivity contribution in [3.63, 3.8) is 0 Å². The summed E-state index contributed by atoms with van der Waals surface area (Å²) in [6.07, 6.45) is 2.44. The van der Waals surface area contributed by atoms with Crippen LogP contribution in [0.2, 0.25) is 0 Å². The van der Waals surface area contributed by atoms with E-state index < -0.39 is 5.97 Å². The molecule has 2 rings (SSSR count). The van der Waals surface area contributed by atoms with Crippen molar-refractivity contribution in [1.82, 2.24) is 9.97 Å². The Morgan fingerprint density at radius 1 is 1.42 bits per heavy atom. The predicted molar refractivity (Wildman–Crippen MR) is 65.0 cm³/mol. The third kappa shape index (κ3) is 2.84. The van der Waals surface area contributed by atoms with E-state index in [2.05, 4.69) is 9.97 Å². The molecule has 6 nitrogen and oxygen atoms in total. The largest absolute Gasteiger partial charge is 0.476 e. The molecule has 0 unspecified atom stereocenters. The third-order valence-electron chi connectivity index (χ3n) is 2.36. The molecule has 94 valence electrons. The summed E-state index contributed by atoms with van der Waals surface area (Å²) in [5, 5.41) is 17.6. The highest BCUT2D eigenvalue weighted by molar-refractivity contribution is 5.84. The molecule has 1 aromatic carbocycles.